The molecule has 1 aromatic carbocycles. The number of alkyl halides is 4. The Balaban J connectivity index is 2.57. The molecule has 0 fully saturated rings. The predicted molar refractivity (Wildman–Crippen MR) is 49.1 cm³/mol. The van der Waals surface area contributed by atoms with Gasteiger partial charge in [0.25, 0.3) is 0 Å². The molecule has 0 saturated carbocycles. The van der Waals surface area contributed by atoms with Crippen LogP contribution < -0.4 is 5.32 Å². The van der Waals surface area contributed by atoms with Crippen LogP contribution in [-0.2, 0) is 12.7 Å². The molecule has 0 aliphatic rings. The average molecular weight is 221 g/mol. The van der Waals surface area contributed by atoms with E-state index in [2.05, 4.69) is 5.32 Å². The van der Waals surface area contributed by atoms with Crippen molar-refractivity contribution in [2.24, 2.45) is 0 Å². The molecule has 1 aromatic rings. The highest BCUT2D eigenvalue weighted by Gasteiger charge is 2.29. The van der Waals surface area contributed by atoms with Crippen molar-refractivity contribution in [2.45, 2.75) is 12.7 Å². The van der Waals surface area contributed by atoms with E-state index in [-0.39, 0.29) is 6.54 Å². The first-order valence-corrected chi connectivity index (χ1v) is 4.47. The summed E-state index contributed by atoms with van der Waals surface area (Å²) in [6.45, 7) is 0.101. The summed E-state index contributed by atoms with van der Waals surface area (Å²) in [7, 11) is 0. The van der Waals surface area contributed by atoms with E-state index in [4.69, 9.17) is 0 Å². The van der Waals surface area contributed by atoms with Crippen LogP contribution in [0.5, 0.6) is 0 Å². The Hall–Kier alpha value is -1.10. The third kappa shape index (κ3) is 3.87. The van der Waals surface area contributed by atoms with Crippen molar-refractivity contribution in [2.75, 3.05) is 13.2 Å². The molecule has 5 heteroatoms. The Labute approximate surface area is 85.1 Å². The van der Waals surface area contributed by atoms with Crippen LogP contribution in [0.25, 0.3) is 0 Å². The summed E-state index contributed by atoms with van der Waals surface area (Å²) < 4.78 is 48.2. The molecule has 0 unspecified atom stereocenters. The second-order valence-electron chi connectivity index (χ2n) is 3.06. The summed E-state index contributed by atoms with van der Waals surface area (Å²) in [4.78, 5) is 0. The highest BCUT2D eigenvalue weighted by molar-refractivity contribution is 5.24. The molecule has 0 radical (unpaired) electrons. The molecule has 1 nitrogen and oxygen atoms in total. The van der Waals surface area contributed by atoms with Gasteiger partial charge >= 0.3 is 6.18 Å². The average Bonchev–Trinajstić information content (AvgIpc) is 2.18. The van der Waals surface area contributed by atoms with Crippen molar-refractivity contribution in [1.82, 2.24) is 5.32 Å². The highest BCUT2D eigenvalue weighted by atomic mass is 19.4. The monoisotopic (exact) mass is 221 g/mol. The number of nitrogens with one attached hydrogen (secondary N) is 1. The van der Waals surface area contributed by atoms with Crippen molar-refractivity contribution in [3.05, 3.63) is 35.4 Å². The lowest BCUT2D eigenvalue weighted by Crippen LogP contribution is -2.16. The van der Waals surface area contributed by atoms with Gasteiger partial charge in [-0.05, 0) is 17.7 Å². The van der Waals surface area contributed by atoms with Crippen LogP contribution in [0.3, 0.4) is 0 Å². The van der Waals surface area contributed by atoms with Crippen LogP contribution in [-0.4, -0.2) is 13.2 Å². The molecule has 0 bridgehead atoms. The smallest absolute Gasteiger partial charge is 0.310 e. The molecule has 0 atom stereocenters. The normalized spacial score (nSPS) is 11.7. The summed E-state index contributed by atoms with van der Waals surface area (Å²) in [5.41, 5.74) is 0.0354. The first kappa shape index (κ1) is 12.0. The maximum Gasteiger partial charge on any atom is 0.416 e. The van der Waals surface area contributed by atoms with Crippen molar-refractivity contribution < 1.29 is 17.6 Å². The summed E-state index contributed by atoms with van der Waals surface area (Å²) in [5.74, 6) is 0. The lowest BCUT2D eigenvalue weighted by molar-refractivity contribution is -0.137. The minimum atomic E-state index is -4.30. The van der Waals surface area contributed by atoms with Gasteiger partial charge in [-0.25, -0.2) is 4.39 Å². The van der Waals surface area contributed by atoms with Crippen LogP contribution in [0.2, 0.25) is 0 Å². The molecule has 0 saturated heterocycles. The van der Waals surface area contributed by atoms with Crippen molar-refractivity contribution in [3.8, 4) is 0 Å². The van der Waals surface area contributed by atoms with Gasteiger partial charge in [0, 0.05) is 13.1 Å². The van der Waals surface area contributed by atoms with Gasteiger partial charge in [-0.1, -0.05) is 12.1 Å². The van der Waals surface area contributed by atoms with Crippen LogP contribution in [0, 0.1) is 0 Å². The summed E-state index contributed by atoms with van der Waals surface area (Å²) >= 11 is 0. The van der Waals surface area contributed by atoms with Crippen LogP contribution in [0.1, 0.15) is 11.1 Å². The fourth-order valence-electron chi connectivity index (χ4n) is 1.11. The van der Waals surface area contributed by atoms with Gasteiger partial charge in [0.15, 0.2) is 0 Å². The Morgan fingerprint density at radius 2 is 1.67 bits per heavy atom. The van der Waals surface area contributed by atoms with Crippen molar-refractivity contribution >= 4 is 0 Å². The second kappa shape index (κ2) is 5.11. The fraction of sp³-hybridized carbons (Fsp3) is 0.400. The highest BCUT2D eigenvalue weighted by Crippen LogP contribution is 2.28. The zero-order chi connectivity index (χ0) is 11.3. The third-order valence-electron chi connectivity index (χ3n) is 1.88. The molecule has 84 valence electrons. The Morgan fingerprint density at radius 1 is 1.07 bits per heavy atom. The lowest BCUT2D eigenvalue weighted by atomic mass is 10.1. The van der Waals surface area contributed by atoms with Crippen molar-refractivity contribution in [1.29, 1.82) is 0 Å². The van der Waals surface area contributed by atoms with Gasteiger partial charge in [0.2, 0.25) is 0 Å². The van der Waals surface area contributed by atoms with E-state index in [0.29, 0.717) is 12.1 Å². The van der Waals surface area contributed by atoms with Crippen LogP contribution >= 0.6 is 0 Å². The first-order valence-electron chi connectivity index (χ1n) is 4.47. The third-order valence-corrected chi connectivity index (χ3v) is 1.88. The number of rotatable bonds is 4. The molecule has 0 aliphatic heterocycles. The van der Waals surface area contributed by atoms with E-state index in [1.807, 2.05) is 0 Å². The standard InChI is InChI=1S/C10H11F4N/c11-5-6-15-7-8-1-3-9(4-2-8)10(12,13)14/h1-4,15H,5-7H2. The topological polar surface area (TPSA) is 12.0 Å². The largest absolute Gasteiger partial charge is 0.416 e. The zero-order valence-corrected chi connectivity index (χ0v) is 7.94. The Kier molecular flexibility index (Phi) is 4.08. The van der Waals surface area contributed by atoms with Gasteiger partial charge in [0.1, 0.15) is 6.67 Å². The molecule has 1 rings (SSSR count). The van der Waals surface area contributed by atoms with Crippen LogP contribution in [0.4, 0.5) is 17.6 Å². The van der Waals surface area contributed by atoms with E-state index in [1.54, 1.807) is 0 Å². The molecule has 0 amide bonds. The Bertz CT molecular complexity index is 291. The molecule has 1 N–H and O–H groups in total. The van der Waals surface area contributed by atoms with E-state index in [1.165, 1.54) is 12.1 Å². The molecule has 0 aliphatic carbocycles. The maximum atomic E-state index is 12.2. The first-order chi connectivity index (χ1) is 7.04. The van der Waals surface area contributed by atoms with E-state index in [0.717, 1.165) is 12.1 Å². The van der Waals surface area contributed by atoms with E-state index in [9.17, 15) is 17.6 Å². The SMILES string of the molecule is FCCNCc1ccc(C(F)(F)F)cc1. The van der Waals surface area contributed by atoms with Crippen molar-refractivity contribution in [3.63, 3.8) is 0 Å². The second-order valence-corrected chi connectivity index (χ2v) is 3.06. The van der Waals surface area contributed by atoms with Gasteiger partial charge in [-0.2, -0.15) is 13.2 Å². The lowest BCUT2D eigenvalue weighted by Gasteiger charge is -2.07. The molecular formula is C10H11F4N. The van der Waals surface area contributed by atoms with Crippen LogP contribution in [0.15, 0.2) is 24.3 Å². The molecular weight excluding hydrogens is 210 g/mol. The minimum Gasteiger partial charge on any atom is -0.310 e. The van der Waals surface area contributed by atoms with Gasteiger partial charge in [-0.3, -0.25) is 0 Å². The van der Waals surface area contributed by atoms with Gasteiger partial charge in [0.05, 0.1) is 5.56 Å². The number of halogens is 4. The fourth-order valence-corrected chi connectivity index (χ4v) is 1.11. The molecule has 0 aromatic heterocycles. The number of benzene rings is 1. The van der Waals surface area contributed by atoms with E-state index >= 15 is 0 Å². The predicted octanol–water partition coefficient (Wildman–Crippen LogP) is 2.76. The summed E-state index contributed by atoms with van der Waals surface area (Å²) in [5, 5.41) is 2.75. The zero-order valence-electron chi connectivity index (χ0n) is 7.94. The molecule has 0 spiro atoms. The Morgan fingerprint density at radius 3 is 2.13 bits per heavy atom. The van der Waals surface area contributed by atoms with E-state index < -0.39 is 18.4 Å². The molecule has 0 heterocycles. The van der Waals surface area contributed by atoms with Gasteiger partial charge in [-0.15, -0.1) is 0 Å². The minimum absolute atomic E-state index is 0.209. The summed E-state index contributed by atoms with van der Waals surface area (Å²) in [6.07, 6.45) is -4.30. The quantitative estimate of drug-likeness (QED) is 0.609. The maximum absolute atomic E-state index is 12.2. The summed E-state index contributed by atoms with van der Waals surface area (Å²) in [6, 6.07) is 4.81. The molecule has 15 heavy (non-hydrogen) atoms. The number of hydrogen-bond acceptors (Lipinski definition) is 1. The van der Waals surface area contributed by atoms with Gasteiger partial charge < -0.3 is 5.32 Å². The number of hydrogen-bond donors (Lipinski definition) is 1.